The van der Waals surface area contributed by atoms with E-state index in [0.717, 1.165) is 30.6 Å². The van der Waals surface area contributed by atoms with Gasteiger partial charge in [0.15, 0.2) is 0 Å². The molecule has 0 radical (unpaired) electrons. The third-order valence-corrected chi connectivity index (χ3v) is 3.90. The van der Waals surface area contributed by atoms with Crippen LogP contribution < -0.4 is 15.8 Å². The summed E-state index contributed by atoms with van der Waals surface area (Å²) in [5, 5.41) is 3.08. The van der Waals surface area contributed by atoms with Crippen molar-refractivity contribution >= 4 is 5.91 Å². The van der Waals surface area contributed by atoms with Gasteiger partial charge in [-0.1, -0.05) is 18.6 Å². The quantitative estimate of drug-likeness (QED) is 0.835. The summed E-state index contributed by atoms with van der Waals surface area (Å²) in [6.07, 6.45) is 3.72. The molecule has 20 heavy (non-hydrogen) atoms. The van der Waals surface area contributed by atoms with E-state index < -0.39 is 0 Å². The molecule has 1 fully saturated rings. The van der Waals surface area contributed by atoms with E-state index in [1.165, 1.54) is 0 Å². The second-order valence-corrected chi connectivity index (χ2v) is 5.52. The van der Waals surface area contributed by atoms with Crippen LogP contribution in [0.1, 0.15) is 31.2 Å². The van der Waals surface area contributed by atoms with Crippen molar-refractivity contribution in [3.63, 3.8) is 0 Å². The van der Waals surface area contributed by atoms with Crippen molar-refractivity contribution in [1.82, 2.24) is 5.32 Å². The Labute approximate surface area is 120 Å². The van der Waals surface area contributed by atoms with Gasteiger partial charge >= 0.3 is 0 Å². The Morgan fingerprint density at radius 2 is 2.30 bits per heavy atom. The summed E-state index contributed by atoms with van der Waals surface area (Å²) >= 11 is 0. The van der Waals surface area contributed by atoms with E-state index >= 15 is 0 Å². The third kappa shape index (κ3) is 4.23. The molecule has 2 rings (SSSR count). The minimum absolute atomic E-state index is 0.0583. The molecule has 0 bridgehead atoms. The summed E-state index contributed by atoms with van der Waals surface area (Å²) in [6, 6.07) is 8.11. The number of hydrogen-bond donors (Lipinski definition) is 2. The molecule has 4 heteroatoms. The van der Waals surface area contributed by atoms with Gasteiger partial charge < -0.3 is 15.8 Å². The van der Waals surface area contributed by atoms with Crippen LogP contribution in [0.15, 0.2) is 24.3 Å². The van der Waals surface area contributed by atoms with Crippen LogP contribution >= 0.6 is 0 Å². The fraction of sp³-hybridized carbons (Fsp3) is 0.562. The van der Waals surface area contributed by atoms with Gasteiger partial charge in [0.1, 0.15) is 5.75 Å². The van der Waals surface area contributed by atoms with Gasteiger partial charge in [-0.15, -0.1) is 0 Å². The first-order valence-corrected chi connectivity index (χ1v) is 7.38. The Morgan fingerprint density at radius 3 is 3.05 bits per heavy atom. The molecule has 2 atom stereocenters. The Hall–Kier alpha value is -1.55. The molecule has 0 spiro atoms. The highest BCUT2D eigenvalue weighted by atomic mass is 16.5. The van der Waals surface area contributed by atoms with Crippen molar-refractivity contribution < 1.29 is 9.53 Å². The Kier molecular flexibility index (Phi) is 5.41. The van der Waals surface area contributed by atoms with E-state index in [1.54, 1.807) is 0 Å². The van der Waals surface area contributed by atoms with Gasteiger partial charge in [-0.2, -0.15) is 0 Å². The molecule has 0 saturated heterocycles. The maximum atomic E-state index is 11.9. The van der Waals surface area contributed by atoms with Crippen LogP contribution in [0.25, 0.3) is 0 Å². The Morgan fingerprint density at radius 1 is 1.45 bits per heavy atom. The zero-order valence-corrected chi connectivity index (χ0v) is 12.1. The predicted octanol–water partition coefficient (Wildman–Crippen LogP) is 2.01. The number of nitrogens with two attached hydrogens (primary N) is 1. The molecule has 0 heterocycles. The molecule has 1 aliphatic carbocycles. The molecule has 110 valence electrons. The molecule has 1 aromatic carbocycles. The molecular weight excluding hydrogens is 252 g/mol. The summed E-state index contributed by atoms with van der Waals surface area (Å²) < 4.78 is 5.59. The summed E-state index contributed by atoms with van der Waals surface area (Å²) in [4.78, 5) is 11.9. The van der Waals surface area contributed by atoms with Gasteiger partial charge in [0.05, 0.1) is 13.0 Å². The third-order valence-electron chi connectivity index (χ3n) is 3.90. The topological polar surface area (TPSA) is 64.3 Å². The van der Waals surface area contributed by atoms with E-state index in [-0.39, 0.29) is 11.9 Å². The lowest BCUT2D eigenvalue weighted by Gasteiger charge is -2.19. The van der Waals surface area contributed by atoms with Gasteiger partial charge in [0.2, 0.25) is 5.91 Å². The Bertz CT molecular complexity index is 448. The van der Waals surface area contributed by atoms with Crippen molar-refractivity contribution in [3.8, 4) is 5.75 Å². The van der Waals surface area contributed by atoms with Gasteiger partial charge in [-0.05, 0) is 49.9 Å². The van der Waals surface area contributed by atoms with Crippen LogP contribution in [0, 0.1) is 12.8 Å². The van der Waals surface area contributed by atoms with Crippen molar-refractivity contribution in [3.05, 3.63) is 29.8 Å². The molecule has 0 aromatic heterocycles. The predicted molar refractivity (Wildman–Crippen MR) is 79.6 cm³/mol. The number of carbonyl (C=O) groups is 1. The number of hydrogen-bond acceptors (Lipinski definition) is 3. The molecule has 1 aliphatic rings. The number of carbonyl (C=O) groups excluding carboxylic acids is 1. The smallest absolute Gasteiger partial charge is 0.223 e. The average molecular weight is 276 g/mol. The molecule has 1 amide bonds. The lowest BCUT2D eigenvalue weighted by atomic mass is 10.0. The number of benzene rings is 1. The maximum Gasteiger partial charge on any atom is 0.223 e. The van der Waals surface area contributed by atoms with Crippen LogP contribution in [0.3, 0.4) is 0 Å². The molecule has 2 unspecified atom stereocenters. The van der Waals surface area contributed by atoms with E-state index in [9.17, 15) is 4.79 Å². The molecule has 3 N–H and O–H groups in total. The van der Waals surface area contributed by atoms with Gasteiger partial charge in [0, 0.05) is 6.04 Å². The summed E-state index contributed by atoms with van der Waals surface area (Å²) in [5.74, 6) is 1.32. The minimum Gasteiger partial charge on any atom is -0.493 e. The first-order chi connectivity index (χ1) is 9.69. The van der Waals surface area contributed by atoms with Crippen LogP contribution in [0.2, 0.25) is 0 Å². The maximum absolute atomic E-state index is 11.9. The normalized spacial score (nSPS) is 21.7. The fourth-order valence-electron chi connectivity index (χ4n) is 2.75. The molecule has 1 aromatic rings. The number of ether oxygens (including phenoxy) is 1. The summed E-state index contributed by atoms with van der Waals surface area (Å²) in [6.45, 7) is 3.09. The highest BCUT2D eigenvalue weighted by Crippen LogP contribution is 2.24. The number of nitrogens with one attached hydrogen (secondary N) is 1. The van der Waals surface area contributed by atoms with Gasteiger partial charge in [-0.25, -0.2) is 0 Å². The van der Waals surface area contributed by atoms with E-state index in [1.807, 2.05) is 31.2 Å². The SMILES string of the molecule is Cc1cccc(OCCC(=O)NC2CCCC2CN)c1. The number of rotatable bonds is 6. The summed E-state index contributed by atoms with van der Waals surface area (Å²) in [5.41, 5.74) is 6.87. The number of aryl methyl sites for hydroxylation is 1. The fourth-order valence-corrected chi connectivity index (χ4v) is 2.75. The largest absolute Gasteiger partial charge is 0.493 e. The van der Waals surface area contributed by atoms with Gasteiger partial charge in [-0.3, -0.25) is 4.79 Å². The zero-order valence-electron chi connectivity index (χ0n) is 12.1. The average Bonchev–Trinajstić information content (AvgIpc) is 2.86. The van der Waals surface area contributed by atoms with E-state index in [2.05, 4.69) is 5.32 Å². The first kappa shape index (κ1) is 14.9. The lowest BCUT2D eigenvalue weighted by Crippen LogP contribution is -2.40. The summed E-state index contributed by atoms with van der Waals surface area (Å²) in [7, 11) is 0. The number of amides is 1. The van der Waals surface area contributed by atoms with Crippen LogP contribution in [-0.4, -0.2) is 25.1 Å². The van der Waals surface area contributed by atoms with Gasteiger partial charge in [0.25, 0.3) is 0 Å². The van der Waals surface area contributed by atoms with Crippen LogP contribution in [0.4, 0.5) is 0 Å². The second-order valence-electron chi connectivity index (χ2n) is 5.52. The zero-order chi connectivity index (χ0) is 14.4. The van der Waals surface area contributed by atoms with Crippen molar-refractivity contribution in [2.45, 2.75) is 38.6 Å². The Balaban J connectivity index is 1.70. The molecule has 0 aliphatic heterocycles. The highest BCUT2D eigenvalue weighted by Gasteiger charge is 2.26. The standard InChI is InChI=1S/C16H24N2O2/c1-12-4-2-6-14(10-12)20-9-8-16(19)18-15-7-3-5-13(15)11-17/h2,4,6,10,13,15H,3,5,7-9,11,17H2,1H3,(H,18,19). The van der Waals surface area contributed by atoms with Crippen LogP contribution in [0.5, 0.6) is 5.75 Å². The van der Waals surface area contributed by atoms with E-state index in [4.69, 9.17) is 10.5 Å². The van der Waals surface area contributed by atoms with Crippen molar-refractivity contribution in [2.75, 3.05) is 13.2 Å². The molecule has 4 nitrogen and oxygen atoms in total. The van der Waals surface area contributed by atoms with Crippen molar-refractivity contribution in [1.29, 1.82) is 0 Å². The second kappa shape index (κ2) is 7.29. The highest BCUT2D eigenvalue weighted by molar-refractivity contribution is 5.76. The minimum atomic E-state index is 0.0583. The van der Waals surface area contributed by atoms with Crippen molar-refractivity contribution in [2.24, 2.45) is 11.7 Å². The van der Waals surface area contributed by atoms with Crippen LogP contribution in [-0.2, 0) is 4.79 Å². The lowest BCUT2D eigenvalue weighted by molar-refractivity contribution is -0.122. The first-order valence-electron chi connectivity index (χ1n) is 7.38. The molecular formula is C16H24N2O2. The molecule has 1 saturated carbocycles. The monoisotopic (exact) mass is 276 g/mol. The van der Waals surface area contributed by atoms with E-state index in [0.29, 0.717) is 25.5 Å².